The van der Waals surface area contributed by atoms with Crippen molar-refractivity contribution >= 4 is 0 Å². The molecule has 0 amide bonds. The monoisotopic (exact) mass is 388 g/mol. The largest absolute Gasteiger partial charge is 0.573 e. The molecule has 1 aliphatic rings. The third-order valence-electron chi connectivity index (χ3n) is 4.03. The van der Waals surface area contributed by atoms with E-state index in [1.54, 1.807) is 12.1 Å². The van der Waals surface area contributed by atoms with Crippen LogP contribution in [0.25, 0.3) is 11.1 Å². The zero-order valence-corrected chi connectivity index (χ0v) is 15.2. The summed E-state index contributed by atoms with van der Waals surface area (Å²) in [6.07, 6.45) is -1.21. The van der Waals surface area contributed by atoms with E-state index in [1.807, 2.05) is 43.3 Å². The first kappa shape index (κ1) is 20.0. The van der Waals surface area contributed by atoms with Crippen LogP contribution in [-0.2, 0) is 9.47 Å². The van der Waals surface area contributed by atoms with Gasteiger partial charge in [0.15, 0.2) is 0 Å². The fourth-order valence-corrected chi connectivity index (χ4v) is 2.72. The molecule has 0 radical (unpaired) electrons. The van der Waals surface area contributed by atoms with Crippen molar-refractivity contribution in [3.8, 4) is 28.7 Å². The zero-order chi connectivity index (χ0) is 20.0. The number of ether oxygens (including phenoxy) is 3. The van der Waals surface area contributed by atoms with Crippen LogP contribution in [0.5, 0.6) is 5.75 Å². The van der Waals surface area contributed by atoms with E-state index < -0.39 is 12.7 Å². The van der Waals surface area contributed by atoms with Crippen LogP contribution in [0.2, 0.25) is 0 Å². The van der Waals surface area contributed by atoms with Gasteiger partial charge >= 0.3 is 6.36 Å². The molecule has 6 heteroatoms. The zero-order valence-electron chi connectivity index (χ0n) is 15.2. The normalized spacial score (nSPS) is 19.9. The van der Waals surface area contributed by atoms with E-state index in [2.05, 4.69) is 16.6 Å². The minimum Gasteiger partial charge on any atom is -0.406 e. The molecule has 0 N–H and O–H groups in total. The molecule has 0 aliphatic carbocycles. The van der Waals surface area contributed by atoms with E-state index in [9.17, 15) is 13.2 Å². The van der Waals surface area contributed by atoms with Crippen LogP contribution in [0, 0.1) is 17.8 Å². The highest BCUT2D eigenvalue weighted by Crippen LogP contribution is 2.26. The van der Waals surface area contributed by atoms with Gasteiger partial charge < -0.3 is 14.2 Å². The number of benzene rings is 2. The summed E-state index contributed by atoms with van der Waals surface area (Å²) in [5.74, 6) is 5.97. The first-order valence-corrected chi connectivity index (χ1v) is 8.77. The number of hydrogen-bond acceptors (Lipinski definition) is 3. The molecule has 1 saturated heterocycles. The molecule has 0 bridgehead atoms. The molecular formula is C22H19F3O3. The number of hydrogen-bond donors (Lipinski definition) is 0. The predicted molar refractivity (Wildman–Crippen MR) is 99.4 cm³/mol. The van der Waals surface area contributed by atoms with Crippen molar-refractivity contribution in [1.82, 2.24) is 0 Å². The van der Waals surface area contributed by atoms with Gasteiger partial charge in [0.2, 0.25) is 6.29 Å². The Labute approximate surface area is 161 Å². The number of alkyl halides is 3. The minimum absolute atomic E-state index is 0.247. The first-order valence-electron chi connectivity index (χ1n) is 8.77. The van der Waals surface area contributed by atoms with Crippen LogP contribution in [-0.4, -0.2) is 25.9 Å². The Balaban J connectivity index is 1.60. The molecule has 146 valence electrons. The number of rotatable bonds is 3. The molecule has 1 aliphatic heterocycles. The first-order chi connectivity index (χ1) is 13.4. The third-order valence-corrected chi connectivity index (χ3v) is 4.03. The molecule has 0 saturated carbocycles. The van der Waals surface area contributed by atoms with Gasteiger partial charge in [0, 0.05) is 11.5 Å². The van der Waals surface area contributed by atoms with E-state index in [4.69, 9.17) is 9.47 Å². The van der Waals surface area contributed by atoms with Crippen molar-refractivity contribution < 1.29 is 27.4 Å². The predicted octanol–water partition coefficient (Wildman–Crippen LogP) is 5.17. The second kappa shape index (κ2) is 8.96. The van der Waals surface area contributed by atoms with Crippen molar-refractivity contribution in [3.05, 3.63) is 66.2 Å². The van der Waals surface area contributed by atoms with Gasteiger partial charge in [-0.25, -0.2) is 0 Å². The van der Waals surface area contributed by atoms with Crippen LogP contribution < -0.4 is 4.74 Å². The van der Waals surface area contributed by atoms with Crippen molar-refractivity contribution in [2.75, 3.05) is 13.2 Å². The molecule has 0 spiro atoms. The second-order valence-electron chi connectivity index (χ2n) is 6.20. The van der Waals surface area contributed by atoms with E-state index in [0.717, 1.165) is 16.7 Å². The lowest BCUT2D eigenvalue weighted by Gasteiger charge is -2.24. The third kappa shape index (κ3) is 5.88. The Bertz CT molecular complexity index is 851. The fraction of sp³-hybridized carbons (Fsp3) is 0.273. The molecule has 28 heavy (non-hydrogen) atoms. The average Bonchev–Trinajstić information content (AvgIpc) is 2.68. The minimum atomic E-state index is -4.69. The highest BCUT2D eigenvalue weighted by atomic mass is 19.4. The lowest BCUT2D eigenvalue weighted by atomic mass is 10.0. The maximum atomic E-state index is 12.2. The summed E-state index contributed by atoms with van der Waals surface area (Å²) >= 11 is 0. The van der Waals surface area contributed by atoms with Gasteiger partial charge in [-0.2, -0.15) is 0 Å². The Morgan fingerprint density at radius 2 is 1.54 bits per heavy atom. The molecule has 1 heterocycles. The smallest absolute Gasteiger partial charge is 0.406 e. The van der Waals surface area contributed by atoms with Crippen LogP contribution in [0.4, 0.5) is 13.2 Å². The van der Waals surface area contributed by atoms with Crippen molar-refractivity contribution in [1.29, 1.82) is 0 Å². The summed E-state index contributed by atoms with van der Waals surface area (Å²) in [7, 11) is 0. The van der Waals surface area contributed by atoms with Crippen molar-refractivity contribution in [2.24, 2.45) is 5.92 Å². The second-order valence-corrected chi connectivity index (χ2v) is 6.20. The summed E-state index contributed by atoms with van der Waals surface area (Å²) in [5.41, 5.74) is 2.44. The van der Waals surface area contributed by atoms with Crippen molar-refractivity contribution in [3.63, 3.8) is 0 Å². The molecule has 0 unspecified atom stereocenters. The Morgan fingerprint density at radius 3 is 2.07 bits per heavy atom. The summed E-state index contributed by atoms with van der Waals surface area (Å²) < 4.78 is 51.6. The Hall–Kier alpha value is -2.75. The Kier molecular flexibility index (Phi) is 6.40. The van der Waals surface area contributed by atoms with Gasteiger partial charge in [0.1, 0.15) is 5.75 Å². The van der Waals surface area contributed by atoms with Gasteiger partial charge in [-0.05, 0) is 48.2 Å². The standard InChI is InChI=1S/C22H19F3O3/c1-2-3-17-14-26-21(27-15-17)13-6-16-4-7-18(8-5-16)19-9-11-20(12-10-19)28-22(23,24)25/h2-5,7-12,17,21H,14-15H2,1H3. The van der Waals surface area contributed by atoms with E-state index in [0.29, 0.717) is 13.2 Å². The molecule has 1 fully saturated rings. The van der Waals surface area contributed by atoms with Gasteiger partial charge in [-0.15, -0.1) is 13.2 Å². The summed E-state index contributed by atoms with van der Waals surface area (Å²) in [5, 5.41) is 0. The molecule has 3 nitrogen and oxygen atoms in total. The van der Waals surface area contributed by atoms with Gasteiger partial charge in [0.25, 0.3) is 0 Å². The topological polar surface area (TPSA) is 27.7 Å². The highest BCUT2D eigenvalue weighted by Gasteiger charge is 2.30. The molecule has 2 aromatic rings. The van der Waals surface area contributed by atoms with E-state index >= 15 is 0 Å². The van der Waals surface area contributed by atoms with E-state index in [1.165, 1.54) is 12.1 Å². The maximum absolute atomic E-state index is 12.2. The molecule has 3 rings (SSSR count). The maximum Gasteiger partial charge on any atom is 0.573 e. The summed E-state index contributed by atoms with van der Waals surface area (Å²) in [6, 6.07) is 13.1. The van der Waals surface area contributed by atoms with Crippen LogP contribution in [0.1, 0.15) is 12.5 Å². The van der Waals surface area contributed by atoms with Crippen LogP contribution >= 0.6 is 0 Å². The van der Waals surface area contributed by atoms with E-state index in [-0.39, 0.29) is 11.7 Å². The quantitative estimate of drug-likeness (QED) is 0.536. The van der Waals surface area contributed by atoms with Gasteiger partial charge in [-0.1, -0.05) is 42.3 Å². The van der Waals surface area contributed by atoms with Gasteiger partial charge in [0.05, 0.1) is 13.2 Å². The molecule has 0 atom stereocenters. The van der Waals surface area contributed by atoms with Crippen LogP contribution in [0.3, 0.4) is 0 Å². The Morgan fingerprint density at radius 1 is 0.964 bits per heavy atom. The lowest BCUT2D eigenvalue weighted by molar-refractivity contribution is -0.274. The number of allylic oxidation sites excluding steroid dienone is 1. The average molecular weight is 388 g/mol. The van der Waals surface area contributed by atoms with Crippen molar-refractivity contribution in [2.45, 2.75) is 19.6 Å². The molecular weight excluding hydrogens is 369 g/mol. The summed E-state index contributed by atoms with van der Waals surface area (Å²) in [6.45, 7) is 3.12. The summed E-state index contributed by atoms with van der Waals surface area (Å²) in [4.78, 5) is 0. The number of halogens is 3. The lowest BCUT2D eigenvalue weighted by Crippen LogP contribution is -2.30. The SMILES string of the molecule is CC=CC1COC(C#Cc2ccc(-c3ccc(OC(F)(F)F)cc3)cc2)OC1. The van der Waals surface area contributed by atoms with Gasteiger partial charge in [-0.3, -0.25) is 0 Å². The highest BCUT2D eigenvalue weighted by molar-refractivity contribution is 5.65. The fourth-order valence-electron chi connectivity index (χ4n) is 2.72. The molecule has 2 aromatic carbocycles. The molecule has 0 aromatic heterocycles. The van der Waals surface area contributed by atoms with Crippen LogP contribution in [0.15, 0.2) is 60.7 Å².